The number of hydrogen-bond acceptors (Lipinski definition) is 2. The lowest BCUT2D eigenvalue weighted by molar-refractivity contribution is -0.122. The third-order valence-corrected chi connectivity index (χ3v) is 1.77. The highest BCUT2D eigenvalue weighted by Crippen LogP contribution is 2.10. The minimum absolute atomic E-state index is 0.0463. The molecule has 0 aromatic heterocycles. The van der Waals surface area contributed by atoms with Crippen molar-refractivity contribution in [3.63, 3.8) is 0 Å². The molecule has 0 rings (SSSR count). The molecule has 0 aromatic rings. The number of aldehydes is 1. The van der Waals surface area contributed by atoms with Gasteiger partial charge in [0.05, 0.1) is 0 Å². The fourth-order valence-electron chi connectivity index (χ4n) is 0.995. The van der Waals surface area contributed by atoms with Crippen LogP contribution in [0.1, 0.15) is 32.6 Å². The summed E-state index contributed by atoms with van der Waals surface area (Å²) in [4.78, 5) is 20.6. The molecule has 0 radical (unpaired) electrons. The van der Waals surface area contributed by atoms with Crippen molar-refractivity contribution in [1.29, 1.82) is 0 Å². The summed E-state index contributed by atoms with van der Waals surface area (Å²) in [5.74, 6) is -0.298. The Morgan fingerprint density at radius 2 is 2.27 bits per heavy atom. The zero-order valence-corrected chi connectivity index (χ0v) is 6.88. The lowest BCUT2D eigenvalue weighted by Gasteiger charge is -2.07. The highest BCUT2D eigenvalue weighted by atomic mass is 16.1. The van der Waals surface area contributed by atoms with E-state index in [2.05, 4.69) is 0 Å². The largest absolute Gasteiger partial charge is 0.369 e. The molecule has 0 saturated heterocycles. The van der Waals surface area contributed by atoms with Crippen molar-refractivity contribution in [3.8, 4) is 0 Å². The Morgan fingerprint density at radius 3 is 2.64 bits per heavy atom. The average molecular weight is 157 g/mol. The van der Waals surface area contributed by atoms with Crippen LogP contribution in [-0.2, 0) is 9.59 Å². The summed E-state index contributed by atoms with van der Waals surface area (Å²) in [6, 6.07) is 0. The molecule has 1 amide bonds. The summed E-state index contributed by atoms with van der Waals surface area (Å²) in [6.45, 7) is 1.93. The first-order valence-corrected chi connectivity index (χ1v) is 3.95. The topological polar surface area (TPSA) is 60.2 Å². The maximum Gasteiger partial charge on any atom is 0.220 e. The van der Waals surface area contributed by atoms with Crippen LogP contribution < -0.4 is 5.73 Å². The van der Waals surface area contributed by atoms with Crippen LogP contribution in [-0.4, -0.2) is 12.2 Å². The minimum Gasteiger partial charge on any atom is -0.369 e. The standard InChI is InChI=1S/C8H15NO2/c1-2-7(8(9)11)5-3-4-6-10/h6-7H,2-5H2,1H3,(H2,9,11). The van der Waals surface area contributed by atoms with Crippen molar-refractivity contribution in [3.05, 3.63) is 0 Å². The number of hydrogen-bond donors (Lipinski definition) is 1. The van der Waals surface area contributed by atoms with Crippen LogP contribution in [0.25, 0.3) is 0 Å². The maximum absolute atomic E-state index is 10.7. The fraction of sp³-hybridized carbons (Fsp3) is 0.750. The Hall–Kier alpha value is -0.860. The van der Waals surface area contributed by atoms with Gasteiger partial charge in [-0.05, 0) is 19.3 Å². The number of amides is 1. The van der Waals surface area contributed by atoms with Crippen molar-refractivity contribution in [2.24, 2.45) is 11.7 Å². The van der Waals surface area contributed by atoms with E-state index in [1.807, 2.05) is 6.92 Å². The first-order valence-electron chi connectivity index (χ1n) is 3.95. The number of primary amides is 1. The van der Waals surface area contributed by atoms with Crippen molar-refractivity contribution in [1.82, 2.24) is 0 Å². The third-order valence-electron chi connectivity index (χ3n) is 1.77. The number of unbranched alkanes of at least 4 members (excludes halogenated alkanes) is 1. The SMILES string of the molecule is CCC(CCCC=O)C(N)=O. The third kappa shape index (κ3) is 4.53. The average Bonchev–Trinajstić information content (AvgIpc) is 1.97. The first-order chi connectivity index (χ1) is 5.22. The molecule has 1 atom stereocenters. The van der Waals surface area contributed by atoms with Gasteiger partial charge in [0.1, 0.15) is 6.29 Å². The number of carbonyl (C=O) groups is 2. The molecule has 3 heteroatoms. The molecular weight excluding hydrogens is 142 g/mol. The van der Waals surface area contributed by atoms with Crippen LogP contribution in [0.15, 0.2) is 0 Å². The molecule has 0 aromatic carbocycles. The number of carbonyl (C=O) groups excluding carboxylic acids is 2. The van der Waals surface area contributed by atoms with E-state index < -0.39 is 0 Å². The Kier molecular flexibility index (Phi) is 5.43. The smallest absolute Gasteiger partial charge is 0.220 e. The molecule has 1 unspecified atom stereocenters. The van der Waals surface area contributed by atoms with E-state index in [1.165, 1.54) is 0 Å². The molecule has 0 aliphatic heterocycles. The van der Waals surface area contributed by atoms with E-state index in [-0.39, 0.29) is 11.8 Å². The molecule has 0 aliphatic rings. The molecule has 0 spiro atoms. The second-order valence-electron chi connectivity index (χ2n) is 2.61. The Balaban J connectivity index is 3.52. The normalized spacial score (nSPS) is 12.5. The molecule has 0 saturated carbocycles. The van der Waals surface area contributed by atoms with Crippen LogP contribution >= 0.6 is 0 Å². The molecule has 3 nitrogen and oxygen atoms in total. The van der Waals surface area contributed by atoms with Gasteiger partial charge in [-0.2, -0.15) is 0 Å². The van der Waals surface area contributed by atoms with Gasteiger partial charge in [0, 0.05) is 12.3 Å². The highest BCUT2D eigenvalue weighted by molar-refractivity contribution is 5.76. The summed E-state index contributed by atoms with van der Waals surface area (Å²) in [7, 11) is 0. The van der Waals surface area contributed by atoms with Gasteiger partial charge in [-0.25, -0.2) is 0 Å². The molecule has 11 heavy (non-hydrogen) atoms. The second-order valence-corrected chi connectivity index (χ2v) is 2.61. The van der Waals surface area contributed by atoms with Crippen LogP contribution in [0.5, 0.6) is 0 Å². The highest BCUT2D eigenvalue weighted by Gasteiger charge is 2.11. The van der Waals surface area contributed by atoms with Crippen LogP contribution in [0.4, 0.5) is 0 Å². The van der Waals surface area contributed by atoms with Crippen LogP contribution in [0.2, 0.25) is 0 Å². The molecule has 0 heterocycles. The fourth-order valence-corrected chi connectivity index (χ4v) is 0.995. The lowest BCUT2D eigenvalue weighted by Crippen LogP contribution is -2.22. The van der Waals surface area contributed by atoms with E-state index in [0.29, 0.717) is 6.42 Å². The van der Waals surface area contributed by atoms with E-state index in [4.69, 9.17) is 5.73 Å². The van der Waals surface area contributed by atoms with Crippen molar-refractivity contribution >= 4 is 12.2 Å². The Morgan fingerprint density at radius 1 is 1.64 bits per heavy atom. The van der Waals surface area contributed by atoms with E-state index >= 15 is 0 Å². The zero-order chi connectivity index (χ0) is 8.69. The van der Waals surface area contributed by atoms with Crippen LogP contribution in [0.3, 0.4) is 0 Å². The number of rotatable bonds is 6. The first kappa shape index (κ1) is 10.1. The molecule has 0 aliphatic carbocycles. The van der Waals surface area contributed by atoms with Gasteiger partial charge in [-0.15, -0.1) is 0 Å². The summed E-state index contributed by atoms with van der Waals surface area (Å²) in [6.07, 6.45) is 3.68. The maximum atomic E-state index is 10.7. The molecule has 0 fully saturated rings. The lowest BCUT2D eigenvalue weighted by atomic mass is 9.99. The van der Waals surface area contributed by atoms with Gasteiger partial charge in [0.15, 0.2) is 0 Å². The Bertz CT molecular complexity index is 134. The van der Waals surface area contributed by atoms with Gasteiger partial charge in [-0.3, -0.25) is 4.79 Å². The van der Waals surface area contributed by atoms with E-state index in [0.717, 1.165) is 25.5 Å². The van der Waals surface area contributed by atoms with Gasteiger partial charge in [-0.1, -0.05) is 6.92 Å². The summed E-state index contributed by atoms with van der Waals surface area (Å²) in [5.41, 5.74) is 5.10. The van der Waals surface area contributed by atoms with Crippen molar-refractivity contribution in [2.45, 2.75) is 32.6 Å². The van der Waals surface area contributed by atoms with Gasteiger partial charge in [0.2, 0.25) is 5.91 Å². The van der Waals surface area contributed by atoms with E-state index in [9.17, 15) is 9.59 Å². The van der Waals surface area contributed by atoms with E-state index in [1.54, 1.807) is 0 Å². The quantitative estimate of drug-likeness (QED) is 0.459. The minimum atomic E-state index is -0.251. The predicted octanol–water partition coefficient (Wildman–Crippen LogP) is 0.867. The van der Waals surface area contributed by atoms with Gasteiger partial charge < -0.3 is 10.5 Å². The van der Waals surface area contributed by atoms with Gasteiger partial charge in [0.25, 0.3) is 0 Å². The molecule has 0 bridgehead atoms. The molecular formula is C8H15NO2. The summed E-state index contributed by atoms with van der Waals surface area (Å²) < 4.78 is 0. The van der Waals surface area contributed by atoms with Crippen molar-refractivity contribution in [2.75, 3.05) is 0 Å². The molecule has 64 valence electrons. The second kappa shape index (κ2) is 5.89. The van der Waals surface area contributed by atoms with Crippen LogP contribution in [0, 0.1) is 5.92 Å². The van der Waals surface area contributed by atoms with Crippen molar-refractivity contribution < 1.29 is 9.59 Å². The number of nitrogens with two attached hydrogens (primary N) is 1. The zero-order valence-electron chi connectivity index (χ0n) is 6.88. The monoisotopic (exact) mass is 157 g/mol. The summed E-state index contributed by atoms with van der Waals surface area (Å²) in [5, 5.41) is 0. The predicted molar refractivity (Wildman–Crippen MR) is 42.9 cm³/mol. The molecule has 2 N–H and O–H groups in total. The Labute approximate surface area is 67.0 Å². The summed E-state index contributed by atoms with van der Waals surface area (Å²) >= 11 is 0. The van der Waals surface area contributed by atoms with Gasteiger partial charge >= 0.3 is 0 Å².